The number of rotatable bonds is 9. The predicted molar refractivity (Wildman–Crippen MR) is 165 cm³/mol. The average molecular weight is 664 g/mol. The summed E-state index contributed by atoms with van der Waals surface area (Å²) >= 11 is 6.75. The van der Waals surface area contributed by atoms with Crippen LogP contribution in [0.5, 0.6) is 0 Å². The molecule has 1 saturated heterocycles. The maximum atomic E-state index is 14.4. The van der Waals surface area contributed by atoms with E-state index in [-0.39, 0.29) is 46.2 Å². The number of ether oxygens (including phenoxy) is 1. The van der Waals surface area contributed by atoms with E-state index in [1.807, 2.05) is 0 Å². The molecule has 2 fully saturated rings. The lowest BCUT2D eigenvalue weighted by Gasteiger charge is -2.32. The summed E-state index contributed by atoms with van der Waals surface area (Å²) in [5.74, 6) is -2.09. The summed E-state index contributed by atoms with van der Waals surface area (Å²) in [5, 5.41) is 6.07. The number of halogens is 4. The third kappa shape index (κ3) is 7.77. The molecule has 2 aliphatic rings. The van der Waals surface area contributed by atoms with Gasteiger partial charge < -0.3 is 21.1 Å². The zero-order valence-corrected chi connectivity index (χ0v) is 25.8. The molecule has 45 heavy (non-hydrogen) atoms. The fourth-order valence-corrected chi connectivity index (χ4v) is 6.48. The van der Waals surface area contributed by atoms with E-state index in [9.17, 15) is 27.6 Å². The van der Waals surface area contributed by atoms with Crippen molar-refractivity contribution in [3.05, 3.63) is 75.3 Å². The number of nitrogens with zero attached hydrogens (tertiary/aromatic N) is 2. The number of anilines is 2. The Morgan fingerprint density at radius 2 is 1.80 bits per heavy atom. The number of hydrogen-bond donors (Lipinski definition) is 3. The molecule has 14 heteroatoms. The van der Waals surface area contributed by atoms with Crippen LogP contribution in [0.2, 0.25) is 5.02 Å². The Morgan fingerprint density at radius 1 is 1.07 bits per heavy atom. The minimum Gasteiger partial charge on any atom is -0.395 e. The number of carbonyl (C=O) groups excluding carboxylic acids is 3. The maximum Gasteiger partial charge on any atom is 0.416 e. The molecule has 5 rings (SSSR count). The van der Waals surface area contributed by atoms with Crippen LogP contribution in [0.15, 0.2) is 48.5 Å². The van der Waals surface area contributed by atoms with E-state index < -0.39 is 35.5 Å². The number of nitrogens with two attached hydrogens (primary N) is 1. The topological polar surface area (TPSA) is 127 Å². The summed E-state index contributed by atoms with van der Waals surface area (Å²) in [7, 11) is 0. The van der Waals surface area contributed by atoms with Gasteiger partial charge in [0.1, 0.15) is 10.9 Å². The first kappa shape index (κ1) is 32.7. The molecule has 1 aromatic heterocycles. The van der Waals surface area contributed by atoms with Crippen LogP contribution < -0.4 is 21.3 Å². The van der Waals surface area contributed by atoms with Gasteiger partial charge in [0, 0.05) is 29.9 Å². The predicted octanol–water partition coefficient (Wildman–Crippen LogP) is 6.14. The highest BCUT2D eigenvalue weighted by molar-refractivity contribution is 7.09. The van der Waals surface area contributed by atoms with Gasteiger partial charge in [-0.1, -0.05) is 49.1 Å². The Labute approximate surface area is 267 Å². The van der Waals surface area contributed by atoms with Gasteiger partial charge in [-0.15, -0.1) is 0 Å². The fraction of sp³-hybridized carbons (Fsp3) is 0.419. The van der Waals surface area contributed by atoms with E-state index in [0.717, 1.165) is 68.0 Å². The highest BCUT2D eigenvalue weighted by atomic mass is 35.5. The molecule has 3 amide bonds. The van der Waals surface area contributed by atoms with Crippen molar-refractivity contribution in [3.8, 4) is 0 Å². The molecule has 0 radical (unpaired) electrons. The first-order chi connectivity index (χ1) is 21.5. The summed E-state index contributed by atoms with van der Waals surface area (Å²) < 4.78 is 51.3. The van der Waals surface area contributed by atoms with Crippen molar-refractivity contribution >= 4 is 52.2 Å². The number of nitrogen functional groups attached to an aromatic ring is 1. The van der Waals surface area contributed by atoms with Gasteiger partial charge in [0.25, 0.3) is 11.8 Å². The first-order valence-corrected chi connectivity index (χ1v) is 15.9. The van der Waals surface area contributed by atoms with Crippen LogP contribution in [0.3, 0.4) is 0 Å². The molecule has 1 aliphatic heterocycles. The molecule has 0 spiro atoms. The molecular formula is C31H33ClF3N5O4S. The highest BCUT2D eigenvalue weighted by Crippen LogP contribution is 2.37. The number of nitrogens with one attached hydrogen (secondary N) is 2. The van der Waals surface area contributed by atoms with E-state index in [1.165, 1.54) is 30.3 Å². The van der Waals surface area contributed by atoms with Crippen molar-refractivity contribution in [2.24, 2.45) is 0 Å². The molecular weight excluding hydrogens is 631 g/mol. The molecule has 2 heterocycles. The van der Waals surface area contributed by atoms with Crippen LogP contribution >= 0.6 is 23.1 Å². The lowest BCUT2D eigenvalue weighted by atomic mass is 9.95. The monoisotopic (exact) mass is 663 g/mol. The molecule has 0 bridgehead atoms. The van der Waals surface area contributed by atoms with Crippen molar-refractivity contribution in [2.45, 2.75) is 69.3 Å². The van der Waals surface area contributed by atoms with Gasteiger partial charge >= 0.3 is 6.18 Å². The second-order valence-corrected chi connectivity index (χ2v) is 12.3. The van der Waals surface area contributed by atoms with Gasteiger partial charge in [0.15, 0.2) is 5.69 Å². The largest absolute Gasteiger partial charge is 0.416 e. The first-order valence-electron chi connectivity index (χ1n) is 14.7. The third-order valence-corrected chi connectivity index (χ3v) is 9.07. The van der Waals surface area contributed by atoms with Crippen LogP contribution in [0, 0.1) is 0 Å². The molecule has 240 valence electrons. The van der Waals surface area contributed by atoms with E-state index in [2.05, 4.69) is 15.0 Å². The molecule has 2 aromatic carbocycles. The standard InChI is InChI=1S/C31H33ClF3N5O4S/c32-20-13-11-18(12-14-20)26(29(42)37-17-23-10-5-15-44-23)40(22-9-4-6-19(16-22)31(33,34)35)30(43)27-24(36)25(39-45-27)28(41)38-21-7-2-1-3-8-21/h4,6,9,11-14,16,21,23,26H,1-3,5,7-8,10,15,17,36H2,(H,37,42)(H,38,41)/t23-,26-/m1/s1. The minimum absolute atomic E-state index is 0.0464. The van der Waals surface area contributed by atoms with Crippen molar-refractivity contribution in [1.82, 2.24) is 15.0 Å². The van der Waals surface area contributed by atoms with Crippen LogP contribution in [0.1, 0.15) is 82.3 Å². The van der Waals surface area contributed by atoms with Crippen LogP contribution in [-0.2, 0) is 15.7 Å². The number of hydrogen-bond acceptors (Lipinski definition) is 7. The number of amides is 3. The van der Waals surface area contributed by atoms with E-state index in [4.69, 9.17) is 22.1 Å². The third-order valence-electron chi connectivity index (χ3n) is 7.97. The van der Waals surface area contributed by atoms with Gasteiger partial charge in [0.05, 0.1) is 17.4 Å². The maximum absolute atomic E-state index is 14.4. The molecule has 4 N–H and O–H groups in total. The molecule has 9 nitrogen and oxygen atoms in total. The number of carbonyl (C=O) groups is 3. The Kier molecular flexibility index (Phi) is 10.3. The van der Waals surface area contributed by atoms with E-state index >= 15 is 0 Å². The average Bonchev–Trinajstić information content (AvgIpc) is 3.69. The molecule has 3 aromatic rings. The van der Waals surface area contributed by atoms with Gasteiger partial charge in [-0.05, 0) is 73.1 Å². The second kappa shape index (κ2) is 14.2. The van der Waals surface area contributed by atoms with Crippen molar-refractivity contribution in [1.29, 1.82) is 0 Å². The summed E-state index contributed by atoms with van der Waals surface area (Å²) in [6.45, 7) is 0.693. The Hall–Kier alpha value is -3.68. The van der Waals surface area contributed by atoms with E-state index in [1.54, 1.807) is 0 Å². The van der Waals surface area contributed by atoms with E-state index in [0.29, 0.717) is 23.2 Å². The Balaban J connectivity index is 1.55. The van der Waals surface area contributed by atoms with Crippen molar-refractivity contribution < 1.29 is 32.3 Å². The number of benzene rings is 2. The lowest BCUT2D eigenvalue weighted by Crippen LogP contribution is -2.45. The summed E-state index contributed by atoms with van der Waals surface area (Å²) in [4.78, 5) is 42.1. The second-order valence-electron chi connectivity index (χ2n) is 11.1. The SMILES string of the molecule is Nc1c(C(=O)NC2CCCCC2)nsc1C(=O)N(c1cccc(C(F)(F)F)c1)[C@@H](C(=O)NC[C@H]1CCCO1)c1ccc(Cl)cc1. The zero-order chi connectivity index (χ0) is 32.1. The minimum atomic E-state index is -4.73. The quantitative estimate of drug-likeness (QED) is 0.252. The summed E-state index contributed by atoms with van der Waals surface area (Å²) in [6.07, 6.45) is 1.27. The summed E-state index contributed by atoms with van der Waals surface area (Å²) in [6, 6.07) is 8.70. The molecule has 0 unspecified atom stereocenters. The highest BCUT2D eigenvalue weighted by Gasteiger charge is 2.38. The number of alkyl halides is 3. The van der Waals surface area contributed by atoms with Crippen molar-refractivity contribution in [2.75, 3.05) is 23.8 Å². The smallest absolute Gasteiger partial charge is 0.395 e. The van der Waals surface area contributed by atoms with Gasteiger partial charge in [0.2, 0.25) is 5.91 Å². The lowest BCUT2D eigenvalue weighted by molar-refractivity contribution is -0.137. The van der Waals surface area contributed by atoms with Crippen LogP contribution in [0.4, 0.5) is 24.5 Å². The Bertz CT molecular complexity index is 1520. The normalized spacial score (nSPS) is 17.9. The zero-order valence-electron chi connectivity index (χ0n) is 24.2. The fourth-order valence-electron chi connectivity index (χ4n) is 5.62. The number of aromatic nitrogens is 1. The van der Waals surface area contributed by atoms with Crippen molar-refractivity contribution in [3.63, 3.8) is 0 Å². The summed E-state index contributed by atoms with van der Waals surface area (Å²) in [5.41, 5.74) is 5.02. The van der Waals surface area contributed by atoms with Gasteiger partial charge in [-0.2, -0.15) is 17.5 Å². The van der Waals surface area contributed by atoms with Crippen LogP contribution in [0.25, 0.3) is 0 Å². The molecule has 1 saturated carbocycles. The molecule has 1 aliphatic carbocycles. The van der Waals surface area contributed by atoms with Gasteiger partial charge in [-0.3, -0.25) is 19.3 Å². The molecule has 2 atom stereocenters. The van der Waals surface area contributed by atoms with Gasteiger partial charge in [-0.25, -0.2) is 0 Å². The Morgan fingerprint density at radius 3 is 2.47 bits per heavy atom. The van der Waals surface area contributed by atoms with Crippen LogP contribution in [-0.4, -0.2) is 47.4 Å².